The van der Waals surface area contributed by atoms with Gasteiger partial charge >= 0.3 is 0 Å². The molecule has 5 heteroatoms. The van der Waals surface area contributed by atoms with Gasteiger partial charge in [0.05, 0.1) is 19.1 Å². The fourth-order valence-electron chi connectivity index (χ4n) is 3.52. The minimum Gasteiger partial charge on any atom is -0.379 e. The van der Waals surface area contributed by atoms with Crippen LogP contribution in [0.15, 0.2) is 0 Å². The summed E-state index contributed by atoms with van der Waals surface area (Å²) in [7, 11) is 2.00. The lowest BCUT2D eigenvalue weighted by atomic mass is 9.94. The number of hydrogen-bond acceptors (Lipinski definition) is 4. The summed E-state index contributed by atoms with van der Waals surface area (Å²) in [6, 6.07) is 0.961. The third-order valence-electron chi connectivity index (χ3n) is 4.62. The lowest BCUT2D eigenvalue weighted by molar-refractivity contribution is 0.187. The Bertz CT molecular complexity index is 425. The van der Waals surface area contributed by atoms with Crippen LogP contribution in [0, 0.1) is 6.92 Å². The summed E-state index contributed by atoms with van der Waals surface area (Å²) in [5.74, 6) is 2.53. The average molecular weight is 264 g/mol. The first-order valence-electron chi connectivity index (χ1n) is 7.47. The average Bonchev–Trinajstić information content (AvgIpc) is 3.05. The molecule has 1 saturated heterocycles. The molecule has 2 heterocycles. The summed E-state index contributed by atoms with van der Waals surface area (Å²) in [6.45, 7) is 3.61. The number of aryl methyl sites for hydroxylation is 1. The number of ether oxygens (including phenoxy) is 1. The minimum atomic E-state index is 0.341. The van der Waals surface area contributed by atoms with Gasteiger partial charge in [-0.25, -0.2) is 0 Å². The SMILES string of the molecule is CNC1COCC1c1nnc(C)n1C1CCCCC1. The molecule has 0 amide bonds. The van der Waals surface area contributed by atoms with E-state index in [1.54, 1.807) is 0 Å². The summed E-state index contributed by atoms with van der Waals surface area (Å²) >= 11 is 0. The Morgan fingerprint density at radius 3 is 2.68 bits per heavy atom. The number of nitrogens with one attached hydrogen (secondary N) is 1. The van der Waals surface area contributed by atoms with Crippen molar-refractivity contribution >= 4 is 0 Å². The predicted octanol–water partition coefficient (Wildman–Crippen LogP) is 1.79. The molecule has 0 spiro atoms. The maximum Gasteiger partial charge on any atom is 0.140 e. The smallest absolute Gasteiger partial charge is 0.140 e. The molecular weight excluding hydrogens is 240 g/mol. The van der Waals surface area contributed by atoms with Crippen molar-refractivity contribution in [3.05, 3.63) is 11.6 Å². The summed E-state index contributed by atoms with van der Waals surface area (Å²) in [5.41, 5.74) is 0. The van der Waals surface area contributed by atoms with Crippen LogP contribution in [0.3, 0.4) is 0 Å². The van der Waals surface area contributed by atoms with Crippen LogP contribution >= 0.6 is 0 Å². The maximum absolute atomic E-state index is 5.62. The normalized spacial score (nSPS) is 28.9. The highest BCUT2D eigenvalue weighted by Crippen LogP contribution is 2.33. The fourth-order valence-corrected chi connectivity index (χ4v) is 3.52. The molecule has 2 fully saturated rings. The second kappa shape index (κ2) is 5.59. The fraction of sp³-hybridized carbons (Fsp3) is 0.857. The lowest BCUT2D eigenvalue weighted by Gasteiger charge is -2.27. The van der Waals surface area contributed by atoms with Gasteiger partial charge in [0.1, 0.15) is 11.6 Å². The number of aromatic nitrogens is 3. The van der Waals surface area contributed by atoms with Gasteiger partial charge in [0.2, 0.25) is 0 Å². The Morgan fingerprint density at radius 2 is 1.95 bits per heavy atom. The Kier molecular flexibility index (Phi) is 3.84. The summed E-state index contributed by atoms with van der Waals surface area (Å²) < 4.78 is 8.01. The van der Waals surface area contributed by atoms with Crippen molar-refractivity contribution in [2.24, 2.45) is 0 Å². The molecule has 3 rings (SSSR count). The molecule has 1 aliphatic heterocycles. The largest absolute Gasteiger partial charge is 0.379 e. The van der Waals surface area contributed by atoms with E-state index in [4.69, 9.17) is 4.74 Å². The van der Waals surface area contributed by atoms with Gasteiger partial charge in [-0.1, -0.05) is 19.3 Å². The number of rotatable bonds is 3. The molecule has 0 bridgehead atoms. The van der Waals surface area contributed by atoms with E-state index >= 15 is 0 Å². The Balaban J connectivity index is 1.89. The third-order valence-corrected chi connectivity index (χ3v) is 4.62. The highest BCUT2D eigenvalue weighted by atomic mass is 16.5. The van der Waals surface area contributed by atoms with Crippen LogP contribution in [0.5, 0.6) is 0 Å². The molecule has 1 aliphatic carbocycles. The molecule has 0 aromatic carbocycles. The molecule has 5 nitrogen and oxygen atoms in total. The highest BCUT2D eigenvalue weighted by Gasteiger charge is 2.34. The zero-order valence-corrected chi connectivity index (χ0v) is 11.9. The zero-order chi connectivity index (χ0) is 13.2. The van der Waals surface area contributed by atoms with Gasteiger partial charge in [-0.3, -0.25) is 0 Å². The van der Waals surface area contributed by atoms with Crippen LogP contribution in [0.2, 0.25) is 0 Å². The van der Waals surface area contributed by atoms with Gasteiger partial charge in [0.25, 0.3) is 0 Å². The van der Waals surface area contributed by atoms with E-state index < -0.39 is 0 Å². The Hall–Kier alpha value is -0.940. The lowest BCUT2D eigenvalue weighted by Crippen LogP contribution is -2.33. The molecule has 1 aromatic rings. The van der Waals surface area contributed by atoms with Crippen LogP contribution < -0.4 is 5.32 Å². The molecule has 1 aromatic heterocycles. The number of nitrogens with zero attached hydrogens (tertiary/aromatic N) is 3. The molecule has 2 unspecified atom stereocenters. The molecule has 2 aliphatic rings. The van der Waals surface area contributed by atoms with E-state index in [1.165, 1.54) is 32.1 Å². The van der Waals surface area contributed by atoms with E-state index in [2.05, 4.69) is 27.0 Å². The quantitative estimate of drug-likeness (QED) is 0.904. The molecule has 1 N–H and O–H groups in total. The van der Waals surface area contributed by atoms with Crippen molar-refractivity contribution in [3.63, 3.8) is 0 Å². The summed E-state index contributed by atoms with van der Waals surface area (Å²) in [6.07, 6.45) is 6.57. The zero-order valence-electron chi connectivity index (χ0n) is 11.9. The van der Waals surface area contributed by atoms with E-state index in [0.29, 0.717) is 18.0 Å². The van der Waals surface area contributed by atoms with Crippen molar-refractivity contribution in [1.82, 2.24) is 20.1 Å². The van der Waals surface area contributed by atoms with Crippen LogP contribution in [0.1, 0.15) is 55.7 Å². The molecule has 19 heavy (non-hydrogen) atoms. The van der Waals surface area contributed by atoms with Crippen molar-refractivity contribution in [2.75, 3.05) is 20.3 Å². The standard InChI is InChI=1S/C14H24N4O/c1-10-16-17-14(12-8-19-9-13(12)15-2)18(10)11-6-4-3-5-7-11/h11-13,15H,3-9H2,1-2H3. The minimum absolute atomic E-state index is 0.341. The van der Waals surface area contributed by atoms with E-state index in [0.717, 1.165) is 24.9 Å². The van der Waals surface area contributed by atoms with Crippen molar-refractivity contribution in [3.8, 4) is 0 Å². The molecule has 0 radical (unpaired) electrons. The van der Waals surface area contributed by atoms with Gasteiger partial charge in [-0.2, -0.15) is 0 Å². The van der Waals surface area contributed by atoms with Gasteiger partial charge in [-0.15, -0.1) is 10.2 Å². The maximum atomic E-state index is 5.62. The van der Waals surface area contributed by atoms with Crippen LogP contribution in [0.4, 0.5) is 0 Å². The molecular formula is C14H24N4O. The van der Waals surface area contributed by atoms with Gasteiger partial charge < -0.3 is 14.6 Å². The van der Waals surface area contributed by atoms with Crippen molar-refractivity contribution in [1.29, 1.82) is 0 Å². The van der Waals surface area contributed by atoms with Crippen LogP contribution in [-0.4, -0.2) is 41.1 Å². The first-order chi connectivity index (χ1) is 9.31. The predicted molar refractivity (Wildman–Crippen MR) is 73.3 cm³/mol. The first-order valence-corrected chi connectivity index (χ1v) is 7.47. The third kappa shape index (κ3) is 2.41. The van der Waals surface area contributed by atoms with Crippen molar-refractivity contribution in [2.45, 2.75) is 57.0 Å². The Morgan fingerprint density at radius 1 is 1.16 bits per heavy atom. The molecule has 106 valence electrons. The summed E-state index contributed by atoms with van der Waals surface area (Å²) in [5, 5.41) is 12.1. The molecule has 2 atom stereocenters. The summed E-state index contributed by atoms with van der Waals surface area (Å²) in [4.78, 5) is 0. The monoisotopic (exact) mass is 264 g/mol. The van der Waals surface area contributed by atoms with Crippen LogP contribution in [-0.2, 0) is 4.74 Å². The van der Waals surface area contributed by atoms with Gasteiger partial charge in [0, 0.05) is 12.1 Å². The van der Waals surface area contributed by atoms with E-state index in [-0.39, 0.29) is 0 Å². The first kappa shape index (κ1) is 13.1. The topological polar surface area (TPSA) is 52.0 Å². The highest BCUT2D eigenvalue weighted by molar-refractivity contribution is 5.09. The van der Waals surface area contributed by atoms with E-state index in [9.17, 15) is 0 Å². The van der Waals surface area contributed by atoms with E-state index in [1.807, 2.05) is 7.05 Å². The second-order valence-electron chi connectivity index (χ2n) is 5.81. The second-order valence-corrected chi connectivity index (χ2v) is 5.81. The van der Waals surface area contributed by atoms with Gasteiger partial charge in [-0.05, 0) is 26.8 Å². The number of hydrogen-bond donors (Lipinski definition) is 1. The Labute approximate surface area is 114 Å². The number of likely N-dealkylation sites (N-methyl/N-ethyl adjacent to an activating group) is 1. The van der Waals surface area contributed by atoms with Crippen LogP contribution in [0.25, 0.3) is 0 Å². The molecule has 1 saturated carbocycles. The van der Waals surface area contributed by atoms with Gasteiger partial charge in [0.15, 0.2) is 0 Å². The van der Waals surface area contributed by atoms with Crippen molar-refractivity contribution < 1.29 is 4.74 Å².